The summed E-state index contributed by atoms with van der Waals surface area (Å²) in [5.41, 5.74) is 0.188. The summed E-state index contributed by atoms with van der Waals surface area (Å²) in [6.07, 6.45) is 2.25. The zero-order chi connectivity index (χ0) is 32.0. The first-order valence-electron chi connectivity index (χ1n) is 14.4. The van der Waals surface area contributed by atoms with E-state index in [1.807, 2.05) is 0 Å². The Morgan fingerprint density at radius 1 is 1.07 bits per heavy atom. The van der Waals surface area contributed by atoms with Crippen molar-refractivity contribution >= 4 is 35.0 Å². The van der Waals surface area contributed by atoms with Gasteiger partial charge in [-0.1, -0.05) is 11.6 Å². The van der Waals surface area contributed by atoms with Crippen LogP contribution in [0.1, 0.15) is 33.8 Å². The number of carbonyl (C=O) groups excluding carboxylic acids is 3. The number of nitrogens with one attached hydrogen (secondary N) is 3. The lowest BCUT2D eigenvalue weighted by molar-refractivity contribution is -0.126. The Bertz CT molecular complexity index is 1650. The fourth-order valence-corrected chi connectivity index (χ4v) is 6.43. The van der Waals surface area contributed by atoms with E-state index in [9.17, 15) is 31.9 Å². The second-order valence-corrected chi connectivity index (χ2v) is 11.8. The molecule has 3 heterocycles. The van der Waals surface area contributed by atoms with Crippen molar-refractivity contribution < 1.29 is 36.7 Å². The van der Waals surface area contributed by atoms with E-state index >= 15 is 0 Å². The minimum absolute atomic E-state index is 0.00720. The van der Waals surface area contributed by atoms with Gasteiger partial charge < -0.3 is 30.2 Å². The summed E-state index contributed by atoms with van der Waals surface area (Å²) in [5, 5.41) is 9.19. The molecule has 2 atom stereocenters. The molecule has 2 aromatic carbocycles. The molecule has 2 saturated heterocycles. The number of hydrogen-bond donors (Lipinski definition) is 3. The predicted molar refractivity (Wildman–Crippen MR) is 155 cm³/mol. The molecule has 6 rings (SSSR count). The van der Waals surface area contributed by atoms with E-state index in [0.29, 0.717) is 37.8 Å². The third-order valence-corrected chi connectivity index (χ3v) is 9.05. The molecule has 2 unspecified atom stereocenters. The van der Waals surface area contributed by atoms with Crippen molar-refractivity contribution in [2.75, 3.05) is 31.5 Å². The van der Waals surface area contributed by atoms with Gasteiger partial charge in [0.1, 0.15) is 0 Å². The fourth-order valence-electron chi connectivity index (χ4n) is 6.17. The third kappa shape index (κ3) is 6.08. The number of benzene rings is 2. The van der Waals surface area contributed by atoms with E-state index in [4.69, 9.17) is 11.6 Å². The number of fused-ring (bicyclic) bond motifs is 1. The number of ether oxygens (including phenoxy) is 1. The molecule has 2 aliphatic heterocycles. The van der Waals surface area contributed by atoms with Crippen LogP contribution in [0.2, 0.25) is 5.02 Å². The highest BCUT2D eigenvalue weighted by Gasteiger charge is 2.54. The molecule has 15 heteroatoms. The van der Waals surface area contributed by atoms with Crippen molar-refractivity contribution in [3.8, 4) is 17.0 Å². The van der Waals surface area contributed by atoms with Gasteiger partial charge in [0.05, 0.1) is 22.5 Å². The molecular weight excluding hydrogens is 620 g/mol. The number of nitrogens with zero attached hydrogens (tertiary/aromatic N) is 3. The highest BCUT2D eigenvalue weighted by Crippen LogP contribution is 2.42. The van der Waals surface area contributed by atoms with Crippen molar-refractivity contribution in [2.45, 2.75) is 25.5 Å². The lowest BCUT2D eigenvalue weighted by atomic mass is 9.95. The second-order valence-electron chi connectivity index (χ2n) is 11.4. The van der Waals surface area contributed by atoms with Gasteiger partial charge in [0.25, 0.3) is 11.8 Å². The molecule has 3 N–H and O–H groups in total. The molecule has 3 fully saturated rings. The number of amides is 3. The molecule has 10 nitrogen and oxygen atoms in total. The summed E-state index contributed by atoms with van der Waals surface area (Å²) in [6.45, 7) is -0.615. The summed E-state index contributed by atoms with van der Waals surface area (Å²) < 4.78 is 59.0. The van der Waals surface area contributed by atoms with Crippen molar-refractivity contribution in [3.63, 3.8) is 0 Å². The minimum atomic E-state index is -3.33. The van der Waals surface area contributed by atoms with E-state index in [-0.39, 0.29) is 57.1 Å². The first-order chi connectivity index (χ1) is 21.5. The number of aromatic nitrogens is 2. The summed E-state index contributed by atoms with van der Waals surface area (Å²) in [7, 11) is 1.40. The van der Waals surface area contributed by atoms with Gasteiger partial charge in [0.2, 0.25) is 11.7 Å². The van der Waals surface area contributed by atoms with Gasteiger partial charge >= 0.3 is 6.61 Å². The smallest absolute Gasteiger partial charge is 0.387 e. The average Bonchev–Trinajstić information content (AvgIpc) is 3.31. The van der Waals surface area contributed by atoms with Crippen molar-refractivity contribution in [2.24, 2.45) is 24.8 Å². The molecule has 1 aliphatic carbocycles. The monoisotopic (exact) mass is 648 g/mol. The van der Waals surface area contributed by atoms with Crippen LogP contribution in [0.15, 0.2) is 36.5 Å². The molecular formula is C30H29ClF4N6O4. The molecule has 1 saturated carbocycles. The second kappa shape index (κ2) is 12.3. The largest absolute Gasteiger partial charge is 0.432 e. The number of carbonyl (C=O) groups is 3. The molecule has 0 bridgehead atoms. The number of imidazole rings is 1. The highest BCUT2D eigenvalue weighted by molar-refractivity contribution is 6.34. The number of likely N-dealkylation sites (tertiary alicyclic amines) is 1. The Morgan fingerprint density at radius 2 is 1.78 bits per heavy atom. The van der Waals surface area contributed by atoms with Crippen LogP contribution < -0.4 is 20.7 Å². The van der Waals surface area contributed by atoms with Gasteiger partial charge in [-0.2, -0.15) is 13.2 Å². The lowest BCUT2D eigenvalue weighted by Crippen LogP contribution is -2.44. The predicted octanol–water partition coefficient (Wildman–Crippen LogP) is 4.06. The number of alkyl halides is 2. The van der Waals surface area contributed by atoms with E-state index in [1.165, 1.54) is 29.8 Å². The van der Waals surface area contributed by atoms with Gasteiger partial charge in [0, 0.05) is 56.4 Å². The Balaban J connectivity index is 1.06. The molecule has 45 heavy (non-hydrogen) atoms. The average molecular weight is 649 g/mol. The summed E-state index contributed by atoms with van der Waals surface area (Å²) in [5.74, 6) is -4.18. The van der Waals surface area contributed by atoms with E-state index in [2.05, 4.69) is 25.7 Å². The number of rotatable bonds is 8. The molecule has 3 aromatic rings. The maximum atomic E-state index is 14.7. The van der Waals surface area contributed by atoms with Gasteiger partial charge in [-0.25, -0.2) is 9.37 Å². The molecule has 238 valence electrons. The van der Waals surface area contributed by atoms with Crippen LogP contribution in [0.25, 0.3) is 11.3 Å². The Labute approximate surface area is 260 Å². The number of anilines is 1. The summed E-state index contributed by atoms with van der Waals surface area (Å²) in [6, 6.07) is 6.56. The molecule has 1 aromatic heterocycles. The quantitative estimate of drug-likeness (QED) is 0.317. The molecule has 0 spiro atoms. The maximum Gasteiger partial charge on any atom is 0.387 e. The summed E-state index contributed by atoms with van der Waals surface area (Å²) >= 11 is 6.43. The Morgan fingerprint density at radius 3 is 2.44 bits per heavy atom. The van der Waals surface area contributed by atoms with E-state index in [1.54, 1.807) is 4.90 Å². The highest BCUT2D eigenvalue weighted by atomic mass is 35.5. The van der Waals surface area contributed by atoms with E-state index < -0.39 is 29.9 Å². The summed E-state index contributed by atoms with van der Waals surface area (Å²) in [4.78, 5) is 44.6. The Kier molecular flexibility index (Phi) is 8.44. The van der Waals surface area contributed by atoms with Crippen LogP contribution in [0.5, 0.6) is 5.75 Å². The number of hydrogen-bond acceptors (Lipinski definition) is 6. The first kappa shape index (κ1) is 30.8. The van der Waals surface area contributed by atoms with Crippen LogP contribution in [0.3, 0.4) is 0 Å². The van der Waals surface area contributed by atoms with Gasteiger partial charge in [0.15, 0.2) is 17.4 Å². The van der Waals surface area contributed by atoms with Crippen LogP contribution in [-0.2, 0) is 11.8 Å². The first-order valence-corrected chi connectivity index (χ1v) is 14.8. The zero-order valence-corrected chi connectivity index (χ0v) is 24.7. The van der Waals surface area contributed by atoms with Crippen molar-refractivity contribution in [1.82, 2.24) is 25.1 Å². The van der Waals surface area contributed by atoms with Crippen molar-refractivity contribution in [1.29, 1.82) is 0 Å². The number of halogens is 5. The Hall–Kier alpha value is -4.17. The lowest BCUT2D eigenvalue weighted by Gasteiger charge is -2.31. The van der Waals surface area contributed by atoms with Crippen LogP contribution in [0, 0.1) is 29.4 Å². The van der Waals surface area contributed by atoms with Gasteiger partial charge in [-0.05, 0) is 55.0 Å². The topological polar surface area (TPSA) is 118 Å². The van der Waals surface area contributed by atoms with E-state index in [0.717, 1.165) is 31.4 Å². The molecule has 0 radical (unpaired) electrons. The van der Waals surface area contributed by atoms with Gasteiger partial charge in [-0.15, -0.1) is 0 Å². The number of piperidine rings is 2. The van der Waals surface area contributed by atoms with Crippen LogP contribution in [0.4, 0.5) is 23.2 Å². The zero-order valence-electron chi connectivity index (χ0n) is 24.0. The van der Waals surface area contributed by atoms with Gasteiger partial charge in [-0.3, -0.25) is 14.4 Å². The van der Waals surface area contributed by atoms with Crippen molar-refractivity contribution in [3.05, 3.63) is 64.6 Å². The standard InChI is InChI=1S/C30H29ClF4N6O4/c1-40-21(17-4-5-22(45-30(34)35)24(33)23(17)32)13-37-26(40)28(43)38-15-2-3-16(20(31)10-15)29(44)41-8-6-14(7-9-41)27(42)39-25-18-11-36-12-19(18)25/h2-5,10,13-14,18-19,25,30,36H,6-9,11-12H2,1H3,(H,38,43)(H,39,42). The van der Waals surface area contributed by atoms with Crippen LogP contribution >= 0.6 is 11.6 Å². The third-order valence-electron chi connectivity index (χ3n) is 8.74. The SMILES string of the molecule is Cn1c(-c2ccc(OC(F)F)c(F)c2F)cnc1C(=O)Nc1ccc(C(=O)N2CCC(C(=O)NC3C4CNCC43)CC2)c(Cl)c1. The van der Waals surface area contributed by atoms with Crippen LogP contribution in [-0.4, -0.2) is 71.0 Å². The fraction of sp³-hybridized carbons (Fsp3) is 0.400. The maximum absolute atomic E-state index is 14.7. The normalized spacial score (nSPS) is 21.0. The minimum Gasteiger partial charge on any atom is -0.432 e. The molecule has 3 aliphatic rings. The molecule has 3 amide bonds.